The Bertz CT molecular complexity index is 628. The van der Waals surface area contributed by atoms with E-state index >= 15 is 0 Å². The molecule has 0 amide bonds. The quantitative estimate of drug-likeness (QED) is 0.678. The summed E-state index contributed by atoms with van der Waals surface area (Å²) in [5.74, 6) is 2.82. The van der Waals surface area contributed by atoms with Crippen LogP contribution < -0.4 is 5.73 Å². The topological polar surface area (TPSA) is 108 Å². The van der Waals surface area contributed by atoms with Gasteiger partial charge in [0, 0.05) is 35.2 Å². The van der Waals surface area contributed by atoms with Crippen molar-refractivity contribution < 1.29 is 9.45 Å². The van der Waals surface area contributed by atoms with Gasteiger partial charge in [-0.25, -0.2) is 0 Å². The van der Waals surface area contributed by atoms with Crippen LogP contribution in [0.4, 0.5) is 5.69 Å². The zero-order chi connectivity index (χ0) is 14.1. The summed E-state index contributed by atoms with van der Waals surface area (Å²) in [6.07, 6.45) is 0. The predicted molar refractivity (Wildman–Crippen MR) is 74.4 cm³/mol. The summed E-state index contributed by atoms with van der Waals surface area (Å²) in [6.45, 7) is 0. The highest BCUT2D eigenvalue weighted by molar-refractivity contribution is 7.99. The molecule has 0 radical (unpaired) electrons. The van der Waals surface area contributed by atoms with Gasteiger partial charge in [-0.05, 0) is 12.1 Å². The van der Waals surface area contributed by atoms with Crippen molar-refractivity contribution in [2.45, 2.75) is 12.0 Å². The highest BCUT2D eigenvalue weighted by Gasteiger charge is 2.31. The van der Waals surface area contributed by atoms with Gasteiger partial charge in [-0.2, -0.15) is 16.7 Å². The number of rotatable bonds is 3. The minimum absolute atomic E-state index is 0.0326. The first-order chi connectivity index (χ1) is 9.65. The van der Waals surface area contributed by atoms with Gasteiger partial charge in [0.15, 0.2) is 0 Å². The number of hydrogen-bond donors (Lipinski definition) is 1. The fourth-order valence-electron chi connectivity index (χ4n) is 2.06. The van der Waals surface area contributed by atoms with E-state index in [0.717, 1.165) is 11.5 Å². The molecule has 2 atom stereocenters. The van der Waals surface area contributed by atoms with E-state index in [-0.39, 0.29) is 17.6 Å². The second kappa shape index (κ2) is 5.22. The van der Waals surface area contributed by atoms with Crippen molar-refractivity contribution in [2.75, 3.05) is 11.5 Å². The summed E-state index contributed by atoms with van der Waals surface area (Å²) < 4.78 is 5.26. The minimum atomic E-state index is -0.444. The van der Waals surface area contributed by atoms with E-state index in [4.69, 9.17) is 10.3 Å². The van der Waals surface area contributed by atoms with E-state index in [1.165, 1.54) is 12.1 Å². The fourth-order valence-corrected chi connectivity index (χ4v) is 3.34. The molecule has 1 aromatic carbocycles. The van der Waals surface area contributed by atoms with Crippen LogP contribution >= 0.6 is 11.8 Å². The first-order valence-electron chi connectivity index (χ1n) is 6.07. The summed E-state index contributed by atoms with van der Waals surface area (Å²) in [6, 6.07) is 6.09. The molecule has 0 bridgehead atoms. The summed E-state index contributed by atoms with van der Waals surface area (Å²) in [7, 11) is 0. The zero-order valence-corrected chi connectivity index (χ0v) is 11.2. The average Bonchev–Trinajstić information content (AvgIpc) is 3.07. The second-order valence-electron chi connectivity index (χ2n) is 4.57. The molecular formula is C12H12N4O3S. The van der Waals surface area contributed by atoms with Crippen LogP contribution in [0, 0.1) is 10.1 Å². The van der Waals surface area contributed by atoms with Crippen molar-refractivity contribution in [1.29, 1.82) is 0 Å². The van der Waals surface area contributed by atoms with E-state index in [0.29, 0.717) is 17.3 Å². The number of thioether (sulfide) groups is 1. The van der Waals surface area contributed by atoms with E-state index < -0.39 is 4.92 Å². The van der Waals surface area contributed by atoms with E-state index in [1.54, 1.807) is 23.9 Å². The van der Waals surface area contributed by atoms with Crippen molar-refractivity contribution in [3.63, 3.8) is 0 Å². The molecule has 1 aromatic heterocycles. The monoisotopic (exact) mass is 292 g/mol. The molecule has 2 N–H and O–H groups in total. The number of non-ortho nitro benzene ring substituents is 1. The lowest BCUT2D eigenvalue weighted by Crippen LogP contribution is -2.26. The molecule has 2 aromatic rings. The van der Waals surface area contributed by atoms with Crippen LogP contribution in [0.5, 0.6) is 0 Å². The highest BCUT2D eigenvalue weighted by Crippen LogP contribution is 2.31. The Kier molecular flexibility index (Phi) is 3.41. The van der Waals surface area contributed by atoms with Crippen LogP contribution in [-0.4, -0.2) is 32.6 Å². The van der Waals surface area contributed by atoms with Gasteiger partial charge in [0.2, 0.25) is 11.7 Å². The molecule has 1 fully saturated rings. The van der Waals surface area contributed by atoms with Crippen molar-refractivity contribution in [2.24, 2.45) is 5.73 Å². The largest absolute Gasteiger partial charge is 0.339 e. The maximum Gasteiger partial charge on any atom is 0.269 e. The lowest BCUT2D eigenvalue weighted by Gasteiger charge is -2.07. The molecule has 0 aliphatic carbocycles. The Balaban J connectivity index is 1.84. The number of hydrogen-bond acceptors (Lipinski definition) is 7. The van der Waals surface area contributed by atoms with Crippen LogP contribution in [0.3, 0.4) is 0 Å². The van der Waals surface area contributed by atoms with Crippen molar-refractivity contribution in [3.05, 3.63) is 40.3 Å². The van der Waals surface area contributed by atoms with E-state index in [1.807, 2.05) is 0 Å². The maximum atomic E-state index is 10.6. The summed E-state index contributed by atoms with van der Waals surface area (Å²) in [4.78, 5) is 14.5. The number of nitrogens with two attached hydrogens (primary N) is 1. The lowest BCUT2D eigenvalue weighted by molar-refractivity contribution is -0.384. The fraction of sp³-hybridized carbons (Fsp3) is 0.333. The summed E-state index contributed by atoms with van der Waals surface area (Å²) in [5, 5.41) is 14.5. The van der Waals surface area contributed by atoms with Gasteiger partial charge in [-0.1, -0.05) is 5.16 Å². The first-order valence-corrected chi connectivity index (χ1v) is 7.22. The van der Waals surface area contributed by atoms with Gasteiger partial charge < -0.3 is 10.3 Å². The van der Waals surface area contributed by atoms with Gasteiger partial charge in [0.05, 0.1) is 10.8 Å². The van der Waals surface area contributed by atoms with E-state index in [9.17, 15) is 10.1 Å². The third-order valence-corrected chi connectivity index (χ3v) is 4.44. The van der Waals surface area contributed by atoms with Gasteiger partial charge >= 0.3 is 0 Å². The van der Waals surface area contributed by atoms with Crippen molar-refractivity contribution >= 4 is 17.4 Å². The van der Waals surface area contributed by atoms with E-state index in [2.05, 4.69) is 10.1 Å². The molecule has 20 heavy (non-hydrogen) atoms. The third-order valence-electron chi connectivity index (χ3n) is 3.22. The van der Waals surface area contributed by atoms with Crippen molar-refractivity contribution in [3.8, 4) is 11.4 Å². The normalized spacial score (nSPS) is 22.1. The minimum Gasteiger partial charge on any atom is -0.339 e. The molecule has 0 spiro atoms. The SMILES string of the molecule is NC1CSCC1c1nc(-c2ccc([N+](=O)[O-])cc2)no1. The number of nitro benzene ring substituents is 1. The lowest BCUT2D eigenvalue weighted by atomic mass is 10.1. The average molecular weight is 292 g/mol. The Morgan fingerprint density at radius 1 is 1.35 bits per heavy atom. The molecule has 3 rings (SSSR count). The number of benzene rings is 1. The van der Waals surface area contributed by atoms with Crippen LogP contribution in [-0.2, 0) is 0 Å². The van der Waals surface area contributed by atoms with Gasteiger partial charge in [0.25, 0.3) is 5.69 Å². The Morgan fingerprint density at radius 3 is 2.70 bits per heavy atom. The van der Waals surface area contributed by atoms with Crippen LogP contribution in [0.2, 0.25) is 0 Å². The van der Waals surface area contributed by atoms with Gasteiger partial charge in [-0.15, -0.1) is 0 Å². The van der Waals surface area contributed by atoms with Crippen LogP contribution in [0.25, 0.3) is 11.4 Å². The molecule has 8 heteroatoms. The zero-order valence-electron chi connectivity index (χ0n) is 10.4. The Morgan fingerprint density at radius 2 is 2.10 bits per heavy atom. The number of aromatic nitrogens is 2. The Labute approximate surface area is 118 Å². The van der Waals surface area contributed by atoms with Gasteiger partial charge in [-0.3, -0.25) is 10.1 Å². The molecule has 2 heterocycles. The number of nitrogens with zero attached hydrogens (tertiary/aromatic N) is 3. The second-order valence-corrected chi connectivity index (χ2v) is 5.64. The van der Waals surface area contributed by atoms with Crippen molar-refractivity contribution in [1.82, 2.24) is 10.1 Å². The first kappa shape index (κ1) is 13.1. The Hall–Kier alpha value is -1.93. The summed E-state index contributed by atoms with van der Waals surface area (Å²) >= 11 is 1.77. The molecule has 1 aliphatic rings. The van der Waals surface area contributed by atoms with Crippen LogP contribution in [0.1, 0.15) is 11.8 Å². The number of nitro groups is 1. The molecule has 0 saturated carbocycles. The standard InChI is InChI=1S/C12H12N4O3S/c13-10-6-20-5-9(10)12-14-11(15-19-12)7-1-3-8(4-2-7)16(17)18/h1-4,9-10H,5-6,13H2. The molecule has 1 aliphatic heterocycles. The molecule has 104 valence electrons. The molecule has 7 nitrogen and oxygen atoms in total. The molecule has 1 saturated heterocycles. The molecular weight excluding hydrogens is 280 g/mol. The highest BCUT2D eigenvalue weighted by atomic mass is 32.2. The van der Waals surface area contributed by atoms with Gasteiger partial charge in [0.1, 0.15) is 0 Å². The third kappa shape index (κ3) is 2.39. The predicted octanol–water partition coefficient (Wildman–Crippen LogP) is 1.80. The maximum absolute atomic E-state index is 10.6. The van der Waals surface area contributed by atoms with Crippen LogP contribution in [0.15, 0.2) is 28.8 Å². The smallest absolute Gasteiger partial charge is 0.269 e. The molecule has 2 unspecified atom stereocenters. The summed E-state index contributed by atoms with van der Waals surface area (Å²) in [5.41, 5.74) is 6.71.